The lowest BCUT2D eigenvalue weighted by Crippen LogP contribution is -2.34. The Hall–Kier alpha value is -2.29. The molecule has 4 rings (SSSR count). The second-order valence-electron chi connectivity index (χ2n) is 6.17. The lowest BCUT2D eigenvalue weighted by atomic mass is 9.90. The fraction of sp³-hybridized carbons (Fsp3) is 0.316. The van der Waals surface area contributed by atoms with Crippen LogP contribution in [-0.4, -0.2) is 24.0 Å². The van der Waals surface area contributed by atoms with Crippen LogP contribution in [0.15, 0.2) is 42.5 Å². The van der Waals surface area contributed by atoms with Crippen molar-refractivity contribution in [1.29, 1.82) is 0 Å². The highest BCUT2D eigenvalue weighted by Gasteiger charge is 2.24. The fourth-order valence-electron chi connectivity index (χ4n) is 3.69. The molecule has 2 aromatic rings. The molecule has 0 atom stereocenters. The van der Waals surface area contributed by atoms with Crippen molar-refractivity contribution in [2.24, 2.45) is 0 Å². The summed E-state index contributed by atoms with van der Waals surface area (Å²) in [6.45, 7) is 2.36. The molecule has 2 heterocycles. The first-order valence-electron chi connectivity index (χ1n) is 8.08. The average Bonchev–Trinajstić information content (AvgIpc) is 2.56. The van der Waals surface area contributed by atoms with E-state index in [-0.39, 0.29) is 0 Å². The molecule has 0 saturated carbocycles. The second-order valence-corrected chi connectivity index (χ2v) is 6.17. The molecule has 112 valence electrons. The van der Waals surface area contributed by atoms with Gasteiger partial charge in [0, 0.05) is 36.5 Å². The van der Waals surface area contributed by atoms with Gasteiger partial charge in [0.25, 0.3) is 0 Å². The highest BCUT2D eigenvalue weighted by atomic mass is 16.5. The summed E-state index contributed by atoms with van der Waals surface area (Å²) in [5.74, 6) is 0. The molecule has 2 aromatic carbocycles. The summed E-state index contributed by atoms with van der Waals surface area (Å²) < 4.78 is 0.970. The molecule has 0 saturated heterocycles. The van der Waals surface area contributed by atoms with Crippen LogP contribution in [0.5, 0.6) is 0 Å². The number of nitrogens with zero attached hydrogens (tertiary/aromatic N) is 2. The van der Waals surface area contributed by atoms with Crippen molar-refractivity contribution in [3.05, 3.63) is 64.4 Å². The van der Waals surface area contributed by atoms with Gasteiger partial charge in [-0.1, -0.05) is 18.2 Å². The molecule has 3 nitrogen and oxygen atoms in total. The van der Waals surface area contributed by atoms with Gasteiger partial charge in [0.1, 0.15) is 0 Å². The summed E-state index contributed by atoms with van der Waals surface area (Å²) in [5.41, 5.74) is 5.98. The van der Waals surface area contributed by atoms with Crippen LogP contribution in [0, 0.1) is 5.21 Å². The van der Waals surface area contributed by atoms with E-state index in [9.17, 15) is 5.21 Å². The maximum absolute atomic E-state index is 12.3. The summed E-state index contributed by atoms with van der Waals surface area (Å²) in [5, 5.41) is 12.3. The SMILES string of the molecule is [O-]/[N+](=C/c1cc2c3c(c1)CCCN3CCC2)c1ccccc1. The van der Waals surface area contributed by atoms with Crippen molar-refractivity contribution in [1.82, 2.24) is 0 Å². The Morgan fingerprint density at radius 3 is 2.23 bits per heavy atom. The van der Waals surface area contributed by atoms with Crippen LogP contribution < -0.4 is 4.90 Å². The molecular formula is C19H20N2O. The largest absolute Gasteiger partial charge is 0.618 e. The van der Waals surface area contributed by atoms with E-state index in [2.05, 4.69) is 17.0 Å². The van der Waals surface area contributed by atoms with Crippen molar-refractivity contribution in [2.45, 2.75) is 25.7 Å². The summed E-state index contributed by atoms with van der Waals surface area (Å²) in [4.78, 5) is 2.52. The van der Waals surface area contributed by atoms with Gasteiger partial charge in [0.05, 0.1) is 0 Å². The molecule has 0 aromatic heterocycles. The number of aryl methyl sites for hydroxylation is 2. The Labute approximate surface area is 131 Å². The maximum Gasteiger partial charge on any atom is 0.216 e. The zero-order valence-electron chi connectivity index (χ0n) is 12.7. The predicted octanol–water partition coefficient (Wildman–Crippen LogP) is 3.65. The van der Waals surface area contributed by atoms with Crippen molar-refractivity contribution < 1.29 is 4.74 Å². The van der Waals surface area contributed by atoms with E-state index < -0.39 is 0 Å². The minimum atomic E-state index is 0.676. The maximum atomic E-state index is 12.3. The average molecular weight is 292 g/mol. The second kappa shape index (κ2) is 5.48. The van der Waals surface area contributed by atoms with Crippen molar-refractivity contribution in [3.63, 3.8) is 0 Å². The number of benzene rings is 2. The van der Waals surface area contributed by atoms with Crippen LogP contribution in [0.4, 0.5) is 11.4 Å². The molecule has 0 amide bonds. The van der Waals surface area contributed by atoms with Crippen molar-refractivity contribution in [2.75, 3.05) is 18.0 Å². The number of para-hydroxylation sites is 1. The zero-order valence-corrected chi connectivity index (χ0v) is 12.7. The van der Waals surface area contributed by atoms with Crippen LogP contribution in [-0.2, 0) is 12.8 Å². The number of rotatable bonds is 2. The summed E-state index contributed by atoms with van der Waals surface area (Å²) in [6, 6.07) is 13.8. The van der Waals surface area contributed by atoms with Crippen LogP contribution in [0.1, 0.15) is 29.5 Å². The number of hydrogen-bond donors (Lipinski definition) is 0. The molecular weight excluding hydrogens is 272 g/mol. The summed E-state index contributed by atoms with van der Waals surface area (Å²) in [7, 11) is 0. The molecule has 0 spiro atoms. The van der Waals surface area contributed by atoms with E-state index >= 15 is 0 Å². The predicted molar refractivity (Wildman–Crippen MR) is 90.2 cm³/mol. The Morgan fingerprint density at radius 1 is 0.955 bits per heavy atom. The van der Waals surface area contributed by atoms with Gasteiger partial charge in [-0.3, -0.25) is 0 Å². The molecule has 2 aliphatic rings. The van der Waals surface area contributed by atoms with E-state index in [1.54, 1.807) is 6.21 Å². The van der Waals surface area contributed by atoms with Gasteiger partial charge in [0.2, 0.25) is 5.69 Å². The van der Waals surface area contributed by atoms with E-state index in [4.69, 9.17) is 0 Å². The van der Waals surface area contributed by atoms with Crippen LogP contribution in [0.25, 0.3) is 0 Å². The first-order valence-corrected chi connectivity index (χ1v) is 8.08. The number of anilines is 1. The van der Waals surface area contributed by atoms with Gasteiger partial charge in [-0.05, 0) is 48.9 Å². The smallest absolute Gasteiger partial charge is 0.216 e. The van der Waals surface area contributed by atoms with Gasteiger partial charge >= 0.3 is 0 Å². The number of hydrogen-bond acceptors (Lipinski definition) is 2. The Kier molecular flexibility index (Phi) is 3.34. The van der Waals surface area contributed by atoms with Crippen LogP contribution in [0.2, 0.25) is 0 Å². The highest BCUT2D eigenvalue weighted by molar-refractivity contribution is 5.80. The first kappa shape index (κ1) is 13.4. The molecule has 0 aliphatic carbocycles. The van der Waals surface area contributed by atoms with Gasteiger partial charge in [-0.15, -0.1) is 0 Å². The van der Waals surface area contributed by atoms with Crippen LogP contribution >= 0.6 is 0 Å². The molecule has 0 unspecified atom stereocenters. The minimum absolute atomic E-state index is 0.676. The third kappa shape index (κ3) is 2.37. The Balaban J connectivity index is 1.75. The summed E-state index contributed by atoms with van der Waals surface area (Å²) in [6.07, 6.45) is 6.40. The van der Waals surface area contributed by atoms with Gasteiger partial charge in [0.15, 0.2) is 6.21 Å². The van der Waals surface area contributed by atoms with E-state index in [1.165, 1.54) is 42.7 Å². The molecule has 22 heavy (non-hydrogen) atoms. The van der Waals surface area contributed by atoms with E-state index in [0.717, 1.165) is 23.1 Å². The van der Waals surface area contributed by atoms with Crippen molar-refractivity contribution >= 4 is 17.6 Å². The Bertz CT molecular complexity index is 690. The first-order chi connectivity index (χ1) is 10.8. The zero-order chi connectivity index (χ0) is 14.9. The van der Waals surface area contributed by atoms with Gasteiger partial charge < -0.3 is 10.1 Å². The van der Waals surface area contributed by atoms with Crippen molar-refractivity contribution in [3.8, 4) is 0 Å². The van der Waals surface area contributed by atoms with Crippen LogP contribution in [0.3, 0.4) is 0 Å². The molecule has 2 aliphatic heterocycles. The topological polar surface area (TPSA) is 29.3 Å². The fourth-order valence-corrected chi connectivity index (χ4v) is 3.69. The standard InChI is InChI=1S/C19H20N2O/c22-21(18-8-2-1-3-9-18)14-15-12-16-6-4-10-20-11-5-7-17(13-15)19(16)20/h1-3,8-9,12-14H,4-7,10-11H2/b21-14+. The molecule has 0 radical (unpaired) electrons. The quantitative estimate of drug-likeness (QED) is 0.366. The van der Waals surface area contributed by atoms with E-state index in [1.807, 2.05) is 30.3 Å². The normalized spacial score (nSPS) is 17.3. The van der Waals surface area contributed by atoms with Gasteiger partial charge in [-0.25, -0.2) is 0 Å². The lowest BCUT2D eigenvalue weighted by molar-refractivity contribution is -0.354. The lowest BCUT2D eigenvalue weighted by Gasteiger charge is -2.37. The monoisotopic (exact) mass is 292 g/mol. The minimum Gasteiger partial charge on any atom is -0.618 e. The third-order valence-corrected chi connectivity index (χ3v) is 4.63. The molecule has 0 bridgehead atoms. The van der Waals surface area contributed by atoms with Gasteiger partial charge in [-0.2, -0.15) is 4.74 Å². The van der Waals surface area contributed by atoms with E-state index in [0.29, 0.717) is 5.69 Å². The highest BCUT2D eigenvalue weighted by Crippen LogP contribution is 2.35. The molecule has 0 fully saturated rings. The molecule has 3 heteroatoms. The molecule has 0 N–H and O–H groups in total. The Morgan fingerprint density at radius 2 is 1.59 bits per heavy atom. The summed E-state index contributed by atoms with van der Waals surface area (Å²) >= 11 is 0. The third-order valence-electron chi connectivity index (χ3n) is 4.63.